The third-order valence-electron chi connectivity index (χ3n) is 3.80. The van der Waals surface area contributed by atoms with E-state index >= 15 is 0 Å². The molecule has 134 valence electrons. The number of hydrogen-bond donors (Lipinski definition) is 2. The first-order valence-electron chi connectivity index (χ1n) is 7.99. The minimum atomic E-state index is -0.188. The van der Waals surface area contributed by atoms with E-state index in [-0.39, 0.29) is 24.9 Å². The van der Waals surface area contributed by atoms with Gasteiger partial charge in [-0.25, -0.2) is 0 Å². The lowest BCUT2D eigenvalue weighted by Gasteiger charge is -2.18. The Hall–Kier alpha value is -2.31. The summed E-state index contributed by atoms with van der Waals surface area (Å²) in [5.41, 5.74) is 0.953. The molecular formula is C18H23ClN3O3+. The number of quaternary nitrogens is 1. The highest BCUT2D eigenvalue weighted by Gasteiger charge is 2.18. The molecule has 1 heterocycles. The number of rotatable bonds is 7. The molecule has 1 aromatic heterocycles. The highest BCUT2D eigenvalue weighted by atomic mass is 35.5. The van der Waals surface area contributed by atoms with Crippen LogP contribution in [-0.2, 0) is 16.1 Å². The monoisotopic (exact) mass is 364 g/mol. The van der Waals surface area contributed by atoms with Gasteiger partial charge in [0.2, 0.25) is 5.91 Å². The van der Waals surface area contributed by atoms with Crippen LogP contribution in [0.1, 0.15) is 5.76 Å². The largest absolute Gasteiger partial charge is 0.455 e. The Morgan fingerprint density at radius 1 is 1.20 bits per heavy atom. The Morgan fingerprint density at radius 2 is 1.88 bits per heavy atom. The molecular weight excluding hydrogens is 342 g/mol. The summed E-state index contributed by atoms with van der Waals surface area (Å²) in [5, 5.41) is 3.18. The van der Waals surface area contributed by atoms with Crippen molar-refractivity contribution < 1.29 is 18.9 Å². The van der Waals surface area contributed by atoms with Gasteiger partial charge in [0.05, 0.1) is 13.6 Å². The van der Waals surface area contributed by atoms with E-state index in [0.29, 0.717) is 11.6 Å². The van der Waals surface area contributed by atoms with Crippen LogP contribution in [0.2, 0.25) is 5.02 Å². The summed E-state index contributed by atoms with van der Waals surface area (Å²) in [6.45, 7) is 0.918. The summed E-state index contributed by atoms with van der Waals surface area (Å²) in [7, 11) is 5.08. The maximum atomic E-state index is 12.1. The number of carbonyl (C=O) groups excluding carboxylic acids is 2. The smallest absolute Gasteiger partial charge is 0.277 e. The van der Waals surface area contributed by atoms with Gasteiger partial charge in [0, 0.05) is 24.7 Å². The first-order valence-corrected chi connectivity index (χ1v) is 8.37. The van der Waals surface area contributed by atoms with E-state index in [1.165, 1.54) is 4.90 Å². The van der Waals surface area contributed by atoms with Gasteiger partial charge < -0.3 is 19.5 Å². The van der Waals surface area contributed by atoms with Crippen molar-refractivity contribution in [2.24, 2.45) is 0 Å². The fourth-order valence-electron chi connectivity index (χ4n) is 2.38. The fraction of sp³-hybridized carbons (Fsp3) is 0.333. The summed E-state index contributed by atoms with van der Waals surface area (Å²) in [6, 6.07) is 11.3. The Balaban J connectivity index is 1.90. The van der Waals surface area contributed by atoms with Gasteiger partial charge in [-0.2, -0.15) is 0 Å². The highest BCUT2D eigenvalue weighted by molar-refractivity contribution is 6.30. The van der Waals surface area contributed by atoms with Crippen molar-refractivity contribution in [3.05, 3.63) is 47.2 Å². The van der Waals surface area contributed by atoms with Crippen LogP contribution in [0.3, 0.4) is 0 Å². The molecule has 0 saturated heterocycles. The molecule has 0 bridgehead atoms. The van der Waals surface area contributed by atoms with Gasteiger partial charge in [-0.15, -0.1) is 0 Å². The van der Waals surface area contributed by atoms with E-state index in [2.05, 4.69) is 5.32 Å². The van der Waals surface area contributed by atoms with Crippen molar-refractivity contribution in [2.45, 2.75) is 6.54 Å². The molecule has 2 rings (SSSR count). The van der Waals surface area contributed by atoms with Crippen molar-refractivity contribution in [1.29, 1.82) is 0 Å². The molecule has 0 spiro atoms. The first kappa shape index (κ1) is 19.0. The third-order valence-corrected chi connectivity index (χ3v) is 4.06. The van der Waals surface area contributed by atoms with Gasteiger partial charge >= 0.3 is 0 Å². The Kier molecular flexibility index (Phi) is 6.61. The molecule has 2 amide bonds. The second kappa shape index (κ2) is 8.69. The standard InChI is InChI=1S/C18H22ClN3O3/c1-20-17(23)11-22(3)18(24)12-21(2)10-15-8-9-16(25-15)13-4-6-14(19)7-5-13/h4-9H,10-12H2,1-3H3,(H,20,23)/p+1. The zero-order valence-corrected chi connectivity index (χ0v) is 15.4. The molecule has 25 heavy (non-hydrogen) atoms. The number of benzene rings is 1. The number of carbonyl (C=O) groups is 2. The summed E-state index contributed by atoms with van der Waals surface area (Å²) < 4.78 is 5.85. The SMILES string of the molecule is CNC(=O)CN(C)C(=O)C[NH+](C)Cc1ccc(-c2ccc(Cl)cc2)o1. The van der Waals surface area contributed by atoms with Crippen LogP contribution < -0.4 is 10.2 Å². The van der Waals surface area contributed by atoms with Gasteiger partial charge in [0.15, 0.2) is 12.3 Å². The molecule has 2 aromatic rings. The fourth-order valence-corrected chi connectivity index (χ4v) is 2.50. The number of hydrogen-bond acceptors (Lipinski definition) is 3. The molecule has 6 nitrogen and oxygen atoms in total. The van der Waals surface area contributed by atoms with Crippen molar-refractivity contribution in [1.82, 2.24) is 10.2 Å². The summed E-state index contributed by atoms with van der Waals surface area (Å²) >= 11 is 5.89. The maximum absolute atomic E-state index is 12.1. The molecule has 1 aromatic carbocycles. The van der Waals surface area contributed by atoms with Crippen molar-refractivity contribution in [2.75, 3.05) is 34.2 Å². The van der Waals surface area contributed by atoms with Crippen molar-refractivity contribution in [3.63, 3.8) is 0 Å². The summed E-state index contributed by atoms with van der Waals surface area (Å²) in [6.07, 6.45) is 0. The van der Waals surface area contributed by atoms with Crippen molar-refractivity contribution >= 4 is 23.4 Å². The van der Waals surface area contributed by atoms with Crippen LogP contribution in [0.5, 0.6) is 0 Å². The first-order chi connectivity index (χ1) is 11.9. The lowest BCUT2D eigenvalue weighted by Crippen LogP contribution is -3.08. The Morgan fingerprint density at radius 3 is 2.52 bits per heavy atom. The van der Waals surface area contributed by atoms with Crippen LogP contribution in [0.25, 0.3) is 11.3 Å². The summed E-state index contributed by atoms with van der Waals surface area (Å²) in [5.74, 6) is 1.28. The molecule has 0 aliphatic heterocycles. The lowest BCUT2D eigenvalue weighted by molar-refractivity contribution is -0.886. The van der Waals surface area contributed by atoms with Crippen LogP contribution in [-0.4, -0.2) is 50.9 Å². The number of nitrogens with one attached hydrogen (secondary N) is 2. The van der Waals surface area contributed by atoms with E-state index in [0.717, 1.165) is 22.0 Å². The number of halogens is 1. The highest BCUT2D eigenvalue weighted by Crippen LogP contribution is 2.23. The molecule has 0 aliphatic rings. The Bertz CT molecular complexity index is 727. The number of likely N-dealkylation sites (N-methyl/N-ethyl adjacent to an activating group) is 3. The van der Waals surface area contributed by atoms with Gasteiger partial charge in [-0.1, -0.05) is 11.6 Å². The molecule has 1 atom stereocenters. The average molecular weight is 365 g/mol. The summed E-state index contributed by atoms with van der Waals surface area (Å²) in [4.78, 5) is 25.9. The van der Waals surface area contributed by atoms with Crippen molar-refractivity contribution in [3.8, 4) is 11.3 Å². The molecule has 2 N–H and O–H groups in total. The number of furan rings is 1. The van der Waals surface area contributed by atoms with E-state index in [1.807, 2.05) is 43.4 Å². The van der Waals surface area contributed by atoms with Crippen LogP contribution >= 0.6 is 11.6 Å². The molecule has 0 radical (unpaired) electrons. The predicted molar refractivity (Wildman–Crippen MR) is 96.3 cm³/mol. The van der Waals surface area contributed by atoms with Crippen LogP contribution in [0.4, 0.5) is 0 Å². The molecule has 0 saturated carbocycles. The van der Waals surface area contributed by atoms with Gasteiger partial charge in [-0.3, -0.25) is 9.59 Å². The van der Waals surface area contributed by atoms with Gasteiger partial charge in [0.25, 0.3) is 5.91 Å². The van der Waals surface area contributed by atoms with E-state index in [1.54, 1.807) is 14.1 Å². The van der Waals surface area contributed by atoms with Gasteiger partial charge in [0.1, 0.15) is 12.3 Å². The van der Waals surface area contributed by atoms with E-state index in [4.69, 9.17) is 16.0 Å². The van der Waals surface area contributed by atoms with Gasteiger partial charge in [-0.05, 0) is 36.4 Å². The minimum absolute atomic E-state index is 0.0596. The second-order valence-corrected chi connectivity index (χ2v) is 6.44. The zero-order valence-electron chi connectivity index (χ0n) is 14.6. The topological polar surface area (TPSA) is 67.0 Å². The molecule has 7 heteroatoms. The maximum Gasteiger partial charge on any atom is 0.277 e. The number of amides is 2. The second-order valence-electron chi connectivity index (χ2n) is 6.01. The van der Waals surface area contributed by atoms with E-state index < -0.39 is 0 Å². The minimum Gasteiger partial charge on any atom is -0.455 e. The number of nitrogens with zero attached hydrogens (tertiary/aromatic N) is 1. The lowest BCUT2D eigenvalue weighted by atomic mass is 10.2. The normalized spacial score (nSPS) is 11.8. The Labute approximate surface area is 152 Å². The van der Waals surface area contributed by atoms with E-state index in [9.17, 15) is 9.59 Å². The van der Waals surface area contributed by atoms with Crippen LogP contribution in [0, 0.1) is 0 Å². The molecule has 1 unspecified atom stereocenters. The average Bonchev–Trinajstić information content (AvgIpc) is 3.03. The zero-order chi connectivity index (χ0) is 18.4. The third kappa shape index (κ3) is 5.62. The van der Waals surface area contributed by atoms with Crippen LogP contribution in [0.15, 0.2) is 40.8 Å². The molecule has 0 fully saturated rings. The predicted octanol–water partition coefficient (Wildman–Crippen LogP) is 0.819. The molecule has 0 aliphatic carbocycles. The quantitative estimate of drug-likeness (QED) is 0.764.